The van der Waals surface area contributed by atoms with Crippen molar-refractivity contribution in [3.05, 3.63) is 28.8 Å². The summed E-state index contributed by atoms with van der Waals surface area (Å²) in [4.78, 5) is 25.2. The summed E-state index contributed by atoms with van der Waals surface area (Å²) in [5, 5.41) is 12.3. The smallest absolute Gasteiger partial charge is 0.321 e. The summed E-state index contributed by atoms with van der Waals surface area (Å²) >= 11 is 6.02. The van der Waals surface area contributed by atoms with Gasteiger partial charge in [0.25, 0.3) is 0 Å². The number of urea groups is 1. The number of benzene rings is 1. The van der Waals surface area contributed by atoms with Crippen LogP contribution < -0.4 is 5.32 Å². The highest BCUT2D eigenvalue weighted by molar-refractivity contribution is 6.34. The van der Waals surface area contributed by atoms with E-state index in [1.54, 1.807) is 23.1 Å². The second kappa shape index (κ2) is 6.91. The number of aliphatic hydroxyl groups is 1. The number of anilines is 1. The van der Waals surface area contributed by atoms with Crippen molar-refractivity contribution < 1.29 is 14.7 Å². The van der Waals surface area contributed by atoms with E-state index in [1.165, 1.54) is 6.92 Å². The van der Waals surface area contributed by atoms with Crippen molar-refractivity contribution in [2.75, 3.05) is 25.0 Å². The summed E-state index contributed by atoms with van der Waals surface area (Å²) in [6.07, 6.45) is 1.84. The Morgan fingerprint density at radius 2 is 2.24 bits per heavy atom. The molecule has 1 aliphatic rings. The number of nitrogens with one attached hydrogen (secondary N) is 1. The molecule has 5 nitrogen and oxygen atoms in total. The zero-order valence-electron chi connectivity index (χ0n) is 11.9. The molecule has 1 fully saturated rings. The van der Waals surface area contributed by atoms with Crippen LogP contribution >= 0.6 is 11.6 Å². The van der Waals surface area contributed by atoms with Crippen LogP contribution in [-0.4, -0.2) is 41.5 Å². The van der Waals surface area contributed by atoms with E-state index in [0.717, 1.165) is 12.8 Å². The summed E-state index contributed by atoms with van der Waals surface area (Å²) < 4.78 is 0. The number of carbonyl (C=O) groups excluding carboxylic acids is 2. The highest BCUT2D eigenvalue weighted by Crippen LogP contribution is 2.22. The van der Waals surface area contributed by atoms with Gasteiger partial charge < -0.3 is 15.3 Å². The number of rotatable bonds is 3. The van der Waals surface area contributed by atoms with Gasteiger partial charge in [-0.15, -0.1) is 0 Å². The van der Waals surface area contributed by atoms with E-state index in [9.17, 15) is 14.7 Å². The minimum Gasteiger partial charge on any atom is -0.396 e. The lowest BCUT2D eigenvalue weighted by atomic mass is 9.99. The molecule has 1 heterocycles. The number of halogens is 1. The standard InChI is InChI=1S/C15H19ClN2O3/c1-10(20)13-5-4-12(7-14(13)16)17-15(21)18-6-2-3-11(8-18)9-19/h4-5,7,11,19H,2-3,6,8-9H2,1H3,(H,17,21). The van der Waals surface area contributed by atoms with Crippen molar-refractivity contribution in [1.82, 2.24) is 4.90 Å². The molecule has 0 aromatic heterocycles. The Bertz CT molecular complexity index is 548. The molecule has 0 radical (unpaired) electrons. The Morgan fingerprint density at radius 1 is 1.48 bits per heavy atom. The maximum Gasteiger partial charge on any atom is 0.321 e. The SMILES string of the molecule is CC(=O)c1ccc(NC(=O)N2CCCC(CO)C2)cc1Cl. The van der Waals surface area contributed by atoms with Crippen LogP contribution in [0.1, 0.15) is 30.1 Å². The normalized spacial score (nSPS) is 18.4. The van der Waals surface area contributed by atoms with Crippen LogP contribution in [0.5, 0.6) is 0 Å². The van der Waals surface area contributed by atoms with E-state index >= 15 is 0 Å². The van der Waals surface area contributed by atoms with Crippen molar-refractivity contribution in [3.63, 3.8) is 0 Å². The first-order valence-electron chi connectivity index (χ1n) is 6.98. The van der Waals surface area contributed by atoms with Crippen molar-refractivity contribution in [2.45, 2.75) is 19.8 Å². The van der Waals surface area contributed by atoms with E-state index in [4.69, 9.17) is 11.6 Å². The van der Waals surface area contributed by atoms with Gasteiger partial charge in [0.1, 0.15) is 0 Å². The van der Waals surface area contributed by atoms with Gasteiger partial charge in [0.2, 0.25) is 0 Å². The number of hydrogen-bond donors (Lipinski definition) is 2. The number of ketones is 1. The average molecular weight is 311 g/mol. The lowest BCUT2D eigenvalue weighted by Crippen LogP contribution is -2.43. The van der Waals surface area contributed by atoms with Gasteiger partial charge in [-0.25, -0.2) is 4.79 Å². The van der Waals surface area contributed by atoms with E-state index in [2.05, 4.69) is 5.32 Å². The molecule has 0 aliphatic carbocycles. The second-order valence-corrected chi connectivity index (χ2v) is 5.73. The molecule has 114 valence electrons. The molecule has 0 spiro atoms. The van der Waals surface area contributed by atoms with Gasteiger partial charge in [0, 0.05) is 30.9 Å². The van der Waals surface area contributed by atoms with Gasteiger partial charge in [-0.2, -0.15) is 0 Å². The Labute approximate surface area is 128 Å². The summed E-state index contributed by atoms with van der Waals surface area (Å²) in [6, 6.07) is 4.63. The van der Waals surface area contributed by atoms with Crippen molar-refractivity contribution in [2.24, 2.45) is 5.92 Å². The molecule has 1 unspecified atom stereocenters. The molecule has 1 aromatic carbocycles. The molecule has 2 amide bonds. The highest BCUT2D eigenvalue weighted by Gasteiger charge is 2.23. The average Bonchev–Trinajstić information content (AvgIpc) is 2.47. The molecule has 0 bridgehead atoms. The summed E-state index contributed by atoms with van der Waals surface area (Å²) in [5.41, 5.74) is 0.995. The van der Waals surface area contributed by atoms with Gasteiger partial charge in [0.05, 0.1) is 5.02 Å². The van der Waals surface area contributed by atoms with Crippen LogP contribution in [0, 0.1) is 5.92 Å². The Kier molecular flexibility index (Phi) is 5.20. The largest absolute Gasteiger partial charge is 0.396 e. The van der Waals surface area contributed by atoms with E-state index in [1.807, 2.05) is 0 Å². The lowest BCUT2D eigenvalue weighted by Gasteiger charge is -2.31. The van der Waals surface area contributed by atoms with Gasteiger partial charge >= 0.3 is 6.03 Å². The van der Waals surface area contributed by atoms with Crippen LogP contribution in [0.25, 0.3) is 0 Å². The first kappa shape index (κ1) is 15.8. The summed E-state index contributed by atoms with van der Waals surface area (Å²) in [6.45, 7) is 2.79. The van der Waals surface area contributed by atoms with E-state index in [0.29, 0.717) is 29.4 Å². The van der Waals surface area contributed by atoms with Crippen LogP contribution in [0.2, 0.25) is 5.02 Å². The molecule has 1 atom stereocenters. The number of nitrogens with zero attached hydrogens (tertiary/aromatic N) is 1. The van der Waals surface area contributed by atoms with Gasteiger partial charge in [-0.05, 0) is 43.9 Å². The maximum atomic E-state index is 12.2. The third-order valence-corrected chi connectivity index (χ3v) is 3.98. The number of carbonyl (C=O) groups is 2. The summed E-state index contributed by atoms with van der Waals surface area (Å²) in [7, 11) is 0. The van der Waals surface area contributed by atoms with Crippen LogP contribution in [0.4, 0.5) is 10.5 Å². The fraction of sp³-hybridized carbons (Fsp3) is 0.467. The van der Waals surface area contributed by atoms with Crippen molar-refractivity contribution in [1.29, 1.82) is 0 Å². The lowest BCUT2D eigenvalue weighted by molar-refractivity contribution is 0.101. The van der Waals surface area contributed by atoms with E-state index in [-0.39, 0.29) is 24.3 Å². The Morgan fingerprint density at radius 3 is 2.86 bits per heavy atom. The molecule has 1 saturated heterocycles. The van der Waals surface area contributed by atoms with Crippen LogP contribution in [0.3, 0.4) is 0 Å². The number of hydrogen-bond acceptors (Lipinski definition) is 3. The van der Waals surface area contributed by atoms with Gasteiger partial charge in [-0.3, -0.25) is 4.79 Å². The molecule has 1 aliphatic heterocycles. The second-order valence-electron chi connectivity index (χ2n) is 5.32. The zero-order chi connectivity index (χ0) is 15.4. The molecular formula is C15H19ClN2O3. The third kappa shape index (κ3) is 3.95. The number of Topliss-reactive ketones (excluding diaryl/α,β-unsaturated/α-hetero) is 1. The van der Waals surface area contributed by atoms with Crippen molar-refractivity contribution in [3.8, 4) is 0 Å². The summed E-state index contributed by atoms with van der Waals surface area (Å²) in [5.74, 6) is 0.0351. The van der Waals surface area contributed by atoms with Gasteiger partial charge in [0.15, 0.2) is 5.78 Å². The predicted molar refractivity (Wildman–Crippen MR) is 81.9 cm³/mol. The predicted octanol–water partition coefficient (Wildman–Crippen LogP) is 2.78. The fourth-order valence-electron chi connectivity index (χ4n) is 2.48. The van der Waals surface area contributed by atoms with E-state index < -0.39 is 0 Å². The zero-order valence-corrected chi connectivity index (χ0v) is 12.7. The molecular weight excluding hydrogens is 292 g/mol. The Balaban J connectivity index is 2.02. The fourth-order valence-corrected chi connectivity index (χ4v) is 2.79. The molecule has 1 aromatic rings. The number of amides is 2. The third-order valence-electron chi connectivity index (χ3n) is 3.66. The maximum absolute atomic E-state index is 12.2. The first-order valence-corrected chi connectivity index (χ1v) is 7.36. The quantitative estimate of drug-likeness (QED) is 0.843. The van der Waals surface area contributed by atoms with Crippen LogP contribution in [0.15, 0.2) is 18.2 Å². The molecule has 21 heavy (non-hydrogen) atoms. The van der Waals surface area contributed by atoms with Crippen LogP contribution in [-0.2, 0) is 0 Å². The minimum atomic E-state index is -0.209. The first-order chi connectivity index (χ1) is 10.0. The molecule has 6 heteroatoms. The number of likely N-dealkylation sites (tertiary alicyclic amines) is 1. The molecule has 2 N–H and O–H groups in total. The topological polar surface area (TPSA) is 69.6 Å². The van der Waals surface area contributed by atoms with Crippen molar-refractivity contribution >= 4 is 29.1 Å². The minimum absolute atomic E-state index is 0.100. The monoisotopic (exact) mass is 310 g/mol. The molecule has 0 saturated carbocycles. The highest BCUT2D eigenvalue weighted by atomic mass is 35.5. The van der Waals surface area contributed by atoms with Gasteiger partial charge in [-0.1, -0.05) is 11.6 Å². The molecule has 2 rings (SSSR count). The number of aliphatic hydroxyl groups excluding tert-OH is 1. The Hall–Kier alpha value is -1.59. The number of piperidine rings is 1.